The fourth-order valence-electron chi connectivity index (χ4n) is 2.34. The van der Waals surface area contributed by atoms with Crippen LogP contribution in [0.25, 0.3) is 0 Å². The Morgan fingerprint density at radius 1 is 1.74 bits per heavy atom. The van der Waals surface area contributed by atoms with Gasteiger partial charge >= 0.3 is 0 Å². The predicted molar refractivity (Wildman–Crippen MR) is 75.9 cm³/mol. The van der Waals surface area contributed by atoms with E-state index >= 15 is 0 Å². The molecule has 2 heterocycles. The molecule has 0 radical (unpaired) electrons. The lowest BCUT2D eigenvalue weighted by Gasteiger charge is -2.35. The van der Waals surface area contributed by atoms with Gasteiger partial charge in [-0.05, 0) is 31.2 Å². The van der Waals surface area contributed by atoms with Gasteiger partial charge in [-0.15, -0.1) is 11.3 Å². The molecule has 1 aliphatic rings. The highest BCUT2D eigenvalue weighted by Gasteiger charge is 2.24. The van der Waals surface area contributed by atoms with Crippen molar-refractivity contribution in [3.8, 4) is 6.07 Å². The van der Waals surface area contributed by atoms with Crippen molar-refractivity contribution in [2.75, 3.05) is 18.4 Å². The number of carbonyl (C=O) groups is 1. The Morgan fingerprint density at radius 2 is 2.53 bits per heavy atom. The number of amides is 1. The van der Waals surface area contributed by atoms with E-state index in [2.05, 4.69) is 23.2 Å². The molecule has 0 spiro atoms. The second kappa shape index (κ2) is 6.15. The standard InChI is InChI=1S/C13H18N4OS/c1-9-6-11(15)2-4-17(9)8-12(18)16-13-10(7-14)3-5-19-13/h3,5,9,11H,2,4,6,8,15H2,1H3,(H,16,18). The molecule has 2 unspecified atom stereocenters. The summed E-state index contributed by atoms with van der Waals surface area (Å²) in [7, 11) is 0. The minimum absolute atomic E-state index is 0.0683. The Balaban J connectivity index is 1.90. The van der Waals surface area contributed by atoms with Gasteiger partial charge in [0, 0.05) is 18.6 Å². The molecule has 0 saturated carbocycles. The molecule has 3 N–H and O–H groups in total. The molecule has 1 amide bonds. The van der Waals surface area contributed by atoms with Crippen molar-refractivity contribution in [3.63, 3.8) is 0 Å². The molecule has 1 fully saturated rings. The maximum Gasteiger partial charge on any atom is 0.239 e. The number of thiophene rings is 1. The van der Waals surface area contributed by atoms with Crippen molar-refractivity contribution >= 4 is 22.2 Å². The van der Waals surface area contributed by atoms with Gasteiger partial charge < -0.3 is 11.1 Å². The number of carbonyl (C=O) groups excluding carboxylic acids is 1. The van der Waals surface area contributed by atoms with Crippen molar-refractivity contribution in [1.82, 2.24) is 4.90 Å². The van der Waals surface area contributed by atoms with Gasteiger partial charge in [-0.3, -0.25) is 9.69 Å². The van der Waals surface area contributed by atoms with Crippen molar-refractivity contribution in [2.24, 2.45) is 5.73 Å². The summed E-state index contributed by atoms with van der Waals surface area (Å²) >= 11 is 1.37. The van der Waals surface area contributed by atoms with E-state index in [9.17, 15) is 4.79 Å². The van der Waals surface area contributed by atoms with Crippen molar-refractivity contribution in [3.05, 3.63) is 17.0 Å². The Morgan fingerprint density at radius 3 is 3.21 bits per heavy atom. The average Bonchev–Trinajstić information content (AvgIpc) is 2.80. The smallest absolute Gasteiger partial charge is 0.239 e. The van der Waals surface area contributed by atoms with Gasteiger partial charge in [0.1, 0.15) is 11.1 Å². The zero-order valence-corrected chi connectivity index (χ0v) is 11.7. The summed E-state index contributed by atoms with van der Waals surface area (Å²) in [4.78, 5) is 14.1. The van der Waals surface area contributed by atoms with Gasteiger partial charge in [-0.25, -0.2) is 0 Å². The summed E-state index contributed by atoms with van der Waals surface area (Å²) < 4.78 is 0. The zero-order chi connectivity index (χ0) is 13.8. The van der Waals surface area contributed by atoms with Crippen LogP contribution >= 0.6 is 11.3 Å². The largest absolute Gasteiger partial charge is 0.328 e. The minimum atomic E-state index is -0.0683. The van der Waals surface area contributed by atoms with Crippen LogP contribution in [0.15, 0.2) is 11.4 Å². The van der Waals surface area contributed by atoms with E-state index in [0.717, 1.165) is 19.4 Å². The van der Waals surface area contributed by atoms with Crippen LogP contribution < -0.4 is 11.1 Å². The maximum absolute atomic E-state index is 12.0. The Kier molecular flexibility index (Phi) is 4.53. The van der Waals surface area contributed by atoms with E-state index in [1.807, 2.05) is 0 Å². The number of nitrogens with zero attached hydrogens (tertiary/aromatic N) is 2. The van der Waals surface area contributed by atoms with Gasteiger partial charge in [0.2, 0.25) is 5.91 Å². The van der Waals surface area contributed by atoms with E-state index < -0.39 is 0 Å². The van der Waals surface area contributed by atoms with Gasteiger partial charge in [-0.2, -0.15) is 5.26 Å². The summed E-state index contributed by atoms with van der Waals surface area (Å²) in [5, 5.41) is 14.1. The Labute approximate surface area is 117 Å². The number of hydrogen-bond donors (Lipinski definition) is 2. The molecule has 19 heavy (non-hydrogen) atoms. The van der Waals surface area contributed by atoms with E-state index in [1.165, 1.54) is 11.3 Å². The highest BCUT2D eigenvalue weighted by Crippen LogP contribution is 2.22. The number of rotatable bonds is 3. The predicted octanol–water partition coefficient (Wildman–Crippen LogP) is 1.37. The monoisotopic (exact) mass is 278 g/mol. The number of anilines is 1. The quantitative estimate of drug-likeness (QED) is 0.875. The number of nitriles is 1. The van der Waals surface area contributed by atoms with Crippen LogP contribution in [-0.2, 0) is 4.79 Å². The summed E-state index contributed by atoms with van der Waals surface area (Å²) in [5.74, 6) is -0.0683. The van der Waals surface area contributed by atoms with Crippen LogP contribution in [0.3, 0.4) is 0 Å². The number of nitrogens with one attached hydrogen (secondary N) is 1. The molecule has 0 aliphatic carbocycles. The van der Waals surface area contributed by atoms with Crippen molar-refractivity contribution in [1.29, 1.82) is 5.26 Å². The van der Waals surface area contributed by atoms with E-state index in [0.29, 0.717) is 23.2 Å². The number of hydrogen-bond acceptors (Lipinski definition) is 5. The highest BCUT2D eigenvalue weighted by molar-refractivity contribution is 7.14. The van der Waals surface area contributed by atoms with Crippen LogP contribution in [0.1, 0.15) is 25.3 Å². The van der Waals surface area contributed by atoms with E-state index in [-0.39, 0.29) is 11.9 Å². The molecule has 0 aromatic carbocycles. The van der Waals surface area contributed by atoms with Crippen molar-refractivity contribution < 1.29 is 4.79 Å². The van der Waals surface area contributed by atoms with Crippen LogP contribution in [0.2, 0.25) is 0 Å². The third-order valence-corrected chi connectivity index (χ3v) is 4.27. The fraction of sp³-hybridized carbons (Fsp3) is 0.538. The van der Waals surface area contributed by atoms with Crippen LogP contribution in [0.4, 0.5) is 5.00 Å². The molecule has 102 valence electrons. The molecule has 1 aromatic heterocycles. The first kappa shape index (κ1) is 14.0. The molecule has 2 atom stereocenters. The topological polar surface area (TPSA) is 82.2 Å². The van der Waals surface area contributed by atoms with Gasteiger partial charge in [0.15, 0.2) is 0 Å². The van der Waals surface area contributed by atoms with Gasteiger partial charge in [0.05, 0.1) is 12.1 Å². The van der Waals surface area contributed by atoms with Crippen LogP contribution in [-0.4, -0.2) is 36.0 Å². The molecule has 2 rings (SSSR count). The molecule has 1 aliphatic heterocycles. The molecule has 6 heteroatoms. The van der Waals surface area contributed by atoms with E-state index in [1.54, 1.807) is 11.4 Å². The Bertz CT molecular complexity index is 493. The second-order valence-electron chi connectivity index (χ2n) is 4.93. The lowest BCUT2D eigenvalue weighted by Crippen LogP contribution is -2.48. The van der Waals surface area contributed by atoms with Crippen molar-refractivity contribution in [2.45, 2.75) is 31.8 Å². The number of piperidine rings is 1. The molecular formula is C13H18N4OS. The molecular weight excluding hydrogens is 260 g/mol. The van der Waals surface area contributed by atoms with Crippen LogP contribution in [0.5, 0.6) is 0 Å². The molecule has 0 bridgehead atoms. The summed E-state index contributed by atoms with van der Waals surface area (Å²) in [5.41, 5.74) is 6.42. The maximum atomic E-state index is 12.0. The summed E-state index contributed by atoms with van der Waals surface area (Å²) in [6.07, 6.45) is 1.86. The lowest BCUT2D eigenvalue weighted by molar-refractivity contribution is -0.118. The highest BCUT2D eigenvalue weighted by atomic mass is 32.1. The second-order valence-corrected chi connectivity index (χ2v) is 5.84. The van der Waals surface area contributed by atoms with Crippen LogP contribution in [0, 0.1) is 11.3 Å². The first-order valence-electron chi connectivity index (χ1n) is 6.37. The summed E-state index contributed by atoms with van der Waals surface area (Å²) in [6.45, 7) is 3.31. The SMILES string of the molecule is CC1CC(N)CCN1CC(=O)Nc1sccc1C#N. The average molecular weight is 278 g/mol. The molecule has 1 aromatic rings. The van der Waals surface area contributed by atoms with Gasteiger partial charge in [-0.1, -0.05) is 0 Å². The third kappa shape index (κ3) is 3.53. The normalized spacial score (nSPS) is 23.8. The first-order valence-corrected chi connectivity index (χ1v) is 7.25. The first-order chi connectivity index (χ1) is 9.10. The lowest BCUT2D eigenvalue weighted by atomic mass is 9.99. The number of nitrogens with two attached hydrogens (primary N) is 1. The minimum Gasteiger partial charge on any atom is -0.328 e. The fourth-order valence-corrected chi connectivity index (χ4v) is 3.09. The molecule has 5 nitrogen and oxygen atoms in total. The van der Waals surface area contributed by atoms with E-state index in [4.69, 9.17) is 11.0 Å². The Hall–Kier alpha value is -1.42. The zero-order valence-electron chi connectivity index (χ0n) is 10.9. The number of likely N-dealkylation sites (tertiary alicyclic amines) is 1. The third-order valence-electron chi connectivity index (χ3n) is 3.44. The summed E-state index contributed by atoms with van der Waals surface area (Å²) in [6, 6.07) is 4.35. The molecule has 1 saturated heterocycles. The van der Waals surface area contributed by atoms with Gasteiger partial charge in [0.25, 0.3) is 0 Å².